The molecule has 1 aromatic heterocycles. The van der Waals surface area contributed by atoms with Crippen LogP contribution < -0.4 is 22.1 Å². The van der Waals surface area contributed by atoms with Gasteiger partial charge in [-0.05, 0) is 38.9 Å². The molecule has 0 unspecified atom stereocenters. The van der Waals surface area contributed by atoms with Crippen molar-refractivity contribution in [1.82, 2.24) is 25.5 Å². The van der Waals surface area contributed by atoms with Crippen molar-refractivity contribution < 1.29 is 9.59 Å². The van der Waals surface area contributed by atoms with Crippen LogP contribution in [0.15, 0.2) is 24.3 Å². The summed E-state index contributed by atoms with van der Waals surface area (Å²) in [6, 6.07) is 7.97. The zero-order valence-electron chi connectivity index (χ0n) is 17.9. The van der Waals surface area contributed by atoms with E-state index >= 15 is 0 Å². The number of nitrogen functional groups attached to an aromatic ring is 2. The van der Waals surface area contributed by atoms with E-state index in [0.717, 1.165) is 24.9 Å². The van der Waals surface area contributed by atoms with Crippen LogP contribution in [0.5, 0.6) is 0 Å². The number of likely N-dealkylation sites (N-methyl/N-ethyl adjacent to an activating group) is 1. The molecule has 168 valence electrons. The summed E-state index contributed by atoms with van der Waals surface area (Å²) in [5, 5.41) is 5.64. The number of rotatable bonds is 11. The smallest absolute Gasteiger partial charge is 0.273 e. The van der Waals surface area contributed by atoms with Crippen LogP contribution in [-0.2, 0) is 11.2 Å². The number of carbonyl (C=O) groups excluding carboxylic acids is 2. The van der Waals surface area contributed by atoms with Gasteiger partial charge in [-0.3, -0.25) is 9.59 Å². The van der Waals surface area contributed by atoms with E-state index in [1.54, 1.807) is 0 Å². The number of benzene rings is 1. The zero-order valence-corrected chi connectivity index (χ0v) is 18.7. The predicted molar refractivity (Wildman–Crippen MR) is 123 cm³/mol. The minimum atomic E-state index is -0.448. The van der Waals surface area contributed by atoms with Gasteiger partial charge in [0.1, 0.15) is 0 Å². The van der Waals surface area contributed by atoms with E-state index in [0.29, 0.717) is 26.1 Å². The van der Waals surface area contributed by atoms with Gasteiger partial charge in [0.05, 0.1) is 6.42 Å². The maximum atomic E-state index is 12.2. The maximum Gasteiger partial charge on any atom is 0.273 e. The van der Waals surface area contributed by atoms with Gasteiger partial charge in [-0.2, -0.15) is 0 Å². The van der Waals surface area contributed by atoms with Crippen LogP contribution in [0.1, 0.15) is 34.5 Å². The molecule has 0 atom stereocenters. The summed E-state index contributed by atoms with van der Waals surface area (Å²) in [6.45, 7) is 4.59. The molecule has 9 nitrogen and oxygen atoms in total. The van der Waals surface area contributed by atoms with E-state index < -0.39 is 5.91 Å². The number of anilines is 2. The molecule has 2 rings (SSSR count). The second-order valence-corrected chi connectivity index (χ2v) is 7.77. The molecule has 0 fully saturated rings. The average molecular weight is 448 g/mol. The van der Waals surface area contributed by atoms with Gasteiger partial charge in [-0.15, -0.1) is 0 Å². The standard InChI is InChI=1S/C21H30ClN7O2/c1-14-5-7-15(8-6-14)13-16(30)25-9-3-4-11-29(2)12-10-26-21(31)17-19(23)28-20(24)18(22)27-17/h5-8H,3-4,9-13H2,1-2H3,(H,25,30)(H,26,31)(H4,23,24,28). The number of aromatic nitrogens is 2. The molecule has 0 saturated heterocycles. The van der Waals surface area contributed by atoms with Crippen molar-refractivity contribution >= 4 is 35.1 Å². The molecule has 0 radical (unpaired) electrons. The molecule has 2 amide bonds. The Bertz CT molecular complexity index is 890. The molecule has 1 aromatic carbocycles. The minimum Gasteiger partial charge on any atom is -0.382 e. The van der Waals surface area contributed by atoms with Crippen molar-refractivity contribution in [3.63, 3.8) is 0 Å². The van der Waals surface area contributed by atoms with Crippen molar-refractivity contribution in [1.29, 1.82) is 0 Å². The van der Waals surface area contributed by atoms with Gasteiger partial charge in [-0.1, -0.05) is 41.4 Å². The van der Waals surface area contributed by atoms with Gasteiger partial charge in [-0.25, -0.2) is 9.97 Å². The SMILES string of the molecule is Cc1ccc(CC(=O)NCCCCN(C)CCNC(=O)c2nc(Cl)c(N)nc2N)cc1. The Morgan fingerprint density at radius 1 is 1.00 bits per heavy atom. The number of nitrogens with one attached hydrogen (secondary N) is 2. The summed E-state index contributed by atoms with van der Waals surface area (Å²) in [7, 11) is 1.97. The first-order valence-corrected chi connectivity index (χ1v) is 10.5. The van der Waals surface area contributed by atoms with Gasteiger partial charge in [0.15, 0.2) is 22.5 Å². The van der Waals surface area contributed by atoms with Gasteiger partial charge < -0.3 is 27.0 Å². The first-order valence-electron chi connectivity index (χ1n) is 10.1. The third-order valence-electron chi connectivity index (χ3n) is 4.67. The van der Waals surface area contributed by atoms with Crippen LogP contribution in [0.2, 0.25) is 5.15 Å². The fourth-order valence-electron chi connectivity index (χ4n) is 2.85. The number of unbranched alkanes of at least 4 members (excludes halogenated alkanes) is 1. The summed E-state index contributed by atoms with van der Waals surface area (Å²) in [5.74, 6) is -0.486. The summed E-state index contributed by atoms with van der Waals surface area (Å²) in [4.78, 5) is 33.9. The Labute approximate surface area is 187 Å². The minimum absolute atomic E-state index is 0.0122. The number of hydrogen-bond donors (Lipinski definition) is 4. The maximum absolute atomic E-state index is 12.2. The lowest BCUT2D eigenvalue weighted by Crippen LogP contribution is -2.34. The van der Waals surface area contributed by atoms with Crippen LogP contribution in [0.25, 0.3) is 0 Å². The molecule has 0 saturated carbocycles. The number of hydrogen-bond acceptors (Lipinski definition) is 7. The van der Waals surface area contributed by atoms with Crippen molar-refractivity contribution in [2.75, 3.05) is 44.7 Å². The number of carbonyl (C=O) groups is 2. The number of aryl methyl sites for hydroxylation is 1. The molecule has 0 spiro atoms. The zero-order chi connectivity index (χ0) is 22.8. The Morgan fingerprint density at radius 2 is 1.71 bits per heavy atom. The van der Waals surface area contributed by atoms with Gasteiger partial charge >= 0.3 is 0 Å². The molecular formula is C21H30ClN7O2. The van der Waals surface area contributed by atoms with Crippen molar-refractivity contribution in [2.45, 2.75) is 26.2 Å². The highest BCUT2D eigenvalue weighted by molar-refractivity contribution is 6.31. The number of nitrogens with zero attached hydrogens (tertiary/aromatic N) is 3. The van der Waals surface area contributed by atoms with Gasteiger partial charge in [0, 0.05) is 19.6 Å². The first kappa shape index (κ1) is 24.4. The Morgan fingerprint density at radius 3 is 2.42 bits per heavy atom. The quantitative estimate of drug-likeness (QED) is 0.382. The monoisotopic (exact) mass is 447 g/mol. The second-order valence-electron chi connectivity index (χ2n) is 7.41. The van der Waals surface area contributed by atoms with E-state index in [4.69, 9.17) is 23.1 Å². The molecule has 10 heteroatoms. The molecule has 6 N–H and O–H groups in total. The lowest BCUT2D eigenvalue weighted by atomic mass is 10.1. The third kappa shape index (κ3) is 8.39. The van der Waals surface area contributed by atoms with E-state index in [9.17, 15) is 9.59 Å². The molecule has 31 heavy (non-hydrogen) atoms. The fourth-order valence-corrected chi connectivity index (χ4v) is 2.98. The lowest BCUT2D eigenvalue weighted by molar-refractivity contribution is -0.120. The van der Waals surface area contributed by atoms with Crippen LogP contribution in [0, 0.1) is 6.92 Å². The lowest BCUT2D eigenvalue weighted by Gasteiger charge is -2.17. The van der Waals surface area contributed by atoms with E-state index in [1.165, 1.54) is 5.56 Å². The average Bonchev–Trinajstić information content (AvgIpc) is 2.72. The third-order valence-corrected chi connectivity index (χ3v) is 4.95. The number of nitrogens with two attached hydrogens (primary N) is 2. The summed E-state index contributed by atoms with van der Waals surface area (Å²) in [6.07, 6.45) is 2.21. The van der Waals surface area contributed by atoms with Crippen LogP contribution >= 0.6 is 11.6 Å². The molecule has 0 bridgehead atoms. The molecule has 2 aromatic rings. The normalized spacial score (nSPS) is 10.8. The van der Waals surface area contributed by atoms with Gasteiger partial charge in [0.2, 0.25) is 5.91 Å². The highest BCUT2D eigenvalue weighted by Crippen LogP contribution is 2.17. The summed E-state index contributed by atoms with van der Waals surface area (Å²) >= 11 is 5.79. The predicted octanol–water partition coefficient (Wildman–Crippen LogP) is 1.40. The van der Waals surface area contributed by atoms with Crippen LogP contribution in [-0.4, -0.2) is 59.9 Å². The largest absolute Gasteiger partial charge is 0.382 e. The highest BCUT2D eigenvalue weighted by atomic mass is 35.5. The van der Waals surface area contributed by atoms with Crippen LogP contribution in [0.4, 0.5) is 11.6 Å². The van der Waals surface area contributed by atoms with Crippen molar-refractivity contribution in [3.8, 4) is 0 Å². The Hall–Kier alpha value is -2.91. The molecule has 0 aliphatic carbocycles. The number of amides is 2. The Kier molecular flexibility index (Phi) is 9.48. The van der Waals surface area contributed by atoms with Crippen molar-refractivity contribution in [2.24, 2.45) is 0 Å². The van der Waals surface area contributed by atoms with E-state index in [1.807, 2.05) is 38.2 Å². The molecule has 1 heterocycles. The van der Waals surface area contributed by atoms with Crippen LogP contribution in [0.3, 0.4) is 0 Å². The molecule has 0 aliphatic rings. The van der Waals surface area contributed by atoms with E-state index in [2.05, 4.69) is 25.5 Å². The Balaban J connectivity index is 1.57. The fraction of sp³-hybridized carbons (Fsp3) is 0.429. The number of halogens is 1. The second kappa shape index (κ2) is 12.1. The van der Waals surface area contributed by atoms with Crippen molar-refractivity contribution in [3.05, 3.63) is 46.2 Å². The highest BCUT2D eigenvalue weighted by Gasteiger charge is 2.15. The molecular weight excluding hydrogens is 418 g/mol. The van der Waals surface area contributed by atoms with E-state index in [-0.39, 0.29) is 28.4 Å². The summed E-state index contributed by atoms with van der Waals surface area (Å²) < 4.78 is 0. The summed E-state index contributed by atoms with van der Waals surface area (Å²) in [5.41, 5.74) is 13.3. The van der Waals surface area contributed by atoms with Gasteiger partial charge in [0.25, 0.3) is 5.91 Å². The topological polar surface area (TPSA) is 139 Å². The first-order chi connectivity index (χ1) is 14.8. The molecule has 0 aliphatic heterocycles.